The average Bonchev–Trinajstić information content (AvgIpc) is 3.56. The predicted octanol–water partition coefficient (Wildman–Crippen LogP) is 3.70. The number of rotatable bonds is 11. The number of nitrogens with zero attached hydrogens (tertiary/aromatic N) is 5. The normalized spacial score (nSPS) is 17.5. The number of para-hydroxylation sites is 1. The zero-order valence-corrected chi connectivity index (χ0v) is 23.6. The lowest BCUT2D eigenvalue weighted by atomic mass is 10.1. The average molecular weight is 566 g/mol. The van der Waals surface area contributed by atoms with E-state index in [4.69, 9.17) is 30.5 Å². The number of sulfone groups is 1. The highest BCUT2D eigenvalue weighted by Crippen LogP contribution is 2.37. The van der Waals surface area contributed by atoms with Crippen LogP contribution >= 0.6 is 11.6 Å². The maximum Gasteiger partial charge on any atom is 0.163 e. The monoisotopic (exact) mass is 565 g/mol. The molecular formula is C25H32ClN5O6S. The summed E-state index contributed by atoms with van der Waals surface area (Å²) in [5, 5.41) is 8.09. The predicted molar refractivity (Wildman–Crippen MR) is 141 cm³/mol. The maximum atomic E-state index is 13.9. The highest BCUT2D eigenvalue weighted by Gasteiger charge is 2.37. The first kappa shape index (κ1) is 28.2. The second-order valence-electron chi connectivity index (χ2n) is 9.26. The summed E-state index contributed by atoms with van der Waals surface area (Å²) in [7, 11) is -0.788. The van der Waals surface area contributed by atoms with E-state index in [1.165, 1.54) is 12.4 Å². The minimum absolute atomic E-state index is 0.0644. The maximum absolute atomic E-state index is 13.9. The van der Waals surface area contributed by atoms with Crippen LogP contribution in [0.3, 0.4) is 0 Å². The van der Waals surface area contributed by atoms with Gasteiger partial charge in [-0.05, 0) is 39.3 Å². The molecule has 0 amide bonds. The second-order valence-corrected chi connectivity index (χ2v) is 12.1. The summed E-state index contributed by atoms with van der Waals surface area (Å²) >= 11 is 5.95. The van der Waals surface area contributed by atoms with Crippen LogP contribution in [0.15, 0.2) is 30.6 Å². The van der Waals surface area contributed by atoms with Crippen molar-refractivity contribution >= 4 is 21.4 Å². The van der Waals surface area contributed by atoms with Crippen molar-refractivity contribution in [3.05, 3.63) is 53.1 Å². The largest absolute Gasteiger partial charge is 0.494 e. The molecule has 1 saturated heterocycles. The van der Waals surface area contributed by atoms with Crippen molar-refractivity contribution in [2.24, 2.45) is 0 Å². The number of methoxy groups -OCH3 is 2. The third kappa shape index (κ3) is 5.93. The minimum atomic E-state index is -3.87. The zero-order chi connectivity index (χ0) is 27.4. The Labute approximate surface area is 227 Å². The van der Waals surface area contributed by atoms with Crippen LogP contribution in [0.5, 0.6) is 11.5 Å². The fraction of sp³-hybridized carbons (Fsp3) is 0.520. The van der Waals surface area contributed by atoms with Crippen LogP contribution in [0.25, 0.3) is 5.69 Å². The Morgan fingerprint density at radius 2 is 1.76 bits per heavy atom. The summed E-state index contributed by atoms with van der Waals surface area (Å²) < 4.78 is 52.3. The molecule has 0 bridgehead atoms. The van der Waals surface area contributed by atoms with E-state index in [-0.39, 0.29) is 23.7 Å². The van der Waals surface area contributed by atoms with Crippen molar-refractivity contribution in [1.82, 2.24) is 24.7 Å². The molecule has 0 saturated carbocycles. The number of hydrogen-bond donors (Lipinski definition) is 0. The van der Waals surface area contributed by atoms with Crippen LogP contribution in [0.1, 0.15) is 56.7 Å². The van der Waals surface area contributed by atoms with E-state index in [0.717, 1.165) is 6.42 Å². The van der Waals surface area contributed by atoms with E-state index in [0.29, 0.717) is 41.2 Å². The van der Waals surface area contributed by atoms with Crippen LogP contribution in [0.4, 0.5) is 0 Å². The summed E-state index contributed by atoms with van der Waals surface area (Å²) in [6, 6.07) is 5.35. The number of ether oxygens (including phenoxy) is 4. The lowest BCUT2D eigenvalue weighted by molar-refractivity contribution is 0.00143. The molecular weight excluding hydrogens is 534 g/mol. The van der Waals surface area contributed by atoms with Crippen LogP contribution in [0.2, 0.25) is 5.02 Å². The van der Waals surface area contributed by atoms with Gasteiger partial charge < -0.3 is 18.9 Å². The summed E-state index contributed by atoms with van der Waals surface area (Å²) in [5.74, 6) is 1.54. The summed E-state index contributed by atoms with van der Waals surface area (Å²) in [5.41, 5.74) is 0.526. The van der Waals surface area contributed by atoms with E-state index in [2.05, 4.69) is 20.2 Å². The number of benzene rings is 1. The van der Waals surface area contributed by atoms with Crippen molar-refractivity contribution in [3.8, 4) is 17.2 Å². The second kappa shape index (κ2) is 11.9. The Morgan fingerprint density at radius 1 is 1.11 bits per heavy atom. The molecule has 1 aliphatic heterocycles. The highest BCUT2D eigenvalue weighted by atomic mass is 35.5. The molecule has 1 aromatic carbocycles. The summed E-state index contributed by atoms with van der Waals surface area (Å²) in [6.45, 7) is 6.26. The van der Waals surface area contributed by atoms with E-state index in [1.807, 2.05) is 13.8 Å². The molecule has 3 aromatic rings. The number of hydrogen-bond acceptors (Lipinski definition) is 10. The van der Waals surface area contributed by atoms with Gasteiger partial charge in [-0.25, -0.2) is 18.4 Å². The molecule has 1 aliphatic rings. The molecule has 0 unspecified atom stereocenters. The van der Waals surface area contributed by atoms with Gasteiger partial charge in [-0.15, -0.1) is 10.2 Å². The number of aromatic nitrogens is 5. The van der Waals surface area contributed by atoms with Crippen molar-refractivity contribution in [3.63, 3.8) is 0 Å². The van der Waals surface area contributed by atoms with Crippen LogP contribution in [-0.2, 0) is 25.1 Å². The van der Waals surface area contributed by atoms with Gasteiger partial charge >= 0.3 is 0 Å². The van der Waals surface area contributed by atoms with Crippen LogP contribution < -0.4 is 9.47 Å². The quantitative estimate of drug-likeness (QED) is 0.339. The Bertz CT molecular complexity index is 1320. The molecule has 206 valence electrons. The Hall–Kier alpha value is -2.80. The van der Waals surface area contributed by atoms with Gasteiger partial charge in [0.2, 0.25) is 0 Å². The van der Waals surface area contributed by atoms with Gasteiger partial charge in [-0.2, -0.15) is 0 Å². The first-order chi connectivity index (χ1) is 18.2. The van der Waals surface area contributed by atoms with Gasteiger partial charge in [0.15, 0.2) is 21.5 Å². The van der Waals surface area contributed by atoms with Crippen molar-refractivity contribution < 1.29 is 27.4 Å². The van der Waals surface area contributed by atoms with Crippen LogP contribution in [-0.4, -0.2) is 71.9 Å². The molecule has 1 fully saturated rings. The molecule has 0 aliphatic carbocycles. The Kier molecular flexibility index (Phi) is 8.86. The lowest BCUT2D eigenvalue weighted by Gasteiger charge is -2.25. The SMILES string of the molecule is COc1cccc(OC)c1-n1c(CS(=O)(=O)[C@@H](C)[C@@H](OC(C)C)c2ncc(Cl)cn2)nnc1[C@H]1CCOC1. The molecule has 0 radical (unpaired) electrons. The standard InChI is InChI=1S/C25H32ClN5O6S/c1-15(2)37-23(24-27-11-18(26)12-28-24)16(3)38(32,33)14-21-29-30-25(17-9-10-36-13-17)31(21)22-19(34-4)7-6-8-20(22)35-5/h6-8,11-12,15-17,23H,9-10,13-14H2,1-5H3/t16-,17-,23+/m0/s1. The zero-order valence-electron chi connectivity index (χ0n) is 22.0. The molecule has 4 rings (SSSR count). The first-order valence-corrected chi connectivity index (χ1v) is 14.3. The molecule has 3 atom stereocenters. The minimum Gasteiger partial charge on any atom is -0.494 e. The topological polar surface area (TPSA) is 128 Å². The van der Waals surface area contributed by atoms with Gasteiger partial charge in [-0.3, -0.25) is 4.57 Å². The lowest BCUT2D eigenvalue weighted by Crippen LogP contribution is -2.32. The molecule has 2 aromatic heterocycles. The van der Waals surface area contributed by atoms with E-state index < -0.39 is 26.9 Å². The molecule has 0 N–H and O–H groups in total. The molecule has 13 heteroatoms. The summed E-state index contributed by atoms with van der Waals surface area (Å²) in [6.07, 6.45) is 2.38. The summed E-state index contributed by atoms with van der Waals surface area (Å²) in [4.78, 5) is 8.46. The molecule has 11 nitrogen and oxygen atoms in total. The Balaban J connectivity index is 1.78. The fourth-order valence-electron chi connectivity index (χ4n) is 4.37. The van der Waals surface area contributed by atoms with E-state index >= 15 is 0 Å². The van der Waals surface area contributed by atoms with Gasteiger partial charge in [0, 0.05) is 24.9 Å². The van der Waals surface area contributed by atoms with Gasteiger partial charge in [0.05, 0.1) is 37.2 Å². The number of halogens is 1. The van der Waals surface area contributed by atoms with Crippen LogP contribution in [0, 0.1) is 0 Å². The highest BCUT2D eigenvalue weighted by molar-refractivity contribution is 7.91. The third-order valence-corrected chi connectivity index (χ3v) is 8.55. The van der Waals surface area contributed by atoms with Gasteiger partial charge in [0.25, 0.3) is 0 Å². The van der Waals surface area contributed by atoms with Crippen molar-refractivity contribution in [1.29, 1.82) is 0 Å². The third-order valence-electron chi connectivity index (χ3n) is 6.31. The smallest absolute Gasteiger partial charge is 0.163 e. The Morgan fingerprint density at radius 3 is 2.32 bits per heavy atom. The van der Waals surface area contributed by atoms with E-state index in [1.54, 1.807) is 43.9 Å². The fourth-order valence-corrected chi connectivity index (χ4v) is 5.84. The molecule has 0 spiro atoms. The van der Waals surface area contributed by atoms with E-state index in [9.17, 15) is 8.42 Å². The van der Waals surface area contributed by atoms with Crippen molar-refractivity contribution in [2.75, 3.05) is 27.4 Å². The first-order valence-electron chi connectivity index (χ1n) is 12.2. The van der Waals surface area contributed by atoms with Gasteiger partial charge in [0.1, 0.15) is 34.9 Å². The van der Waals surface area contributed by atoms with Crippen molar-refractivity contribution in [2.45, 2.75) is 56.3 Å². The molecule has 38 heavy (non-hydrogen) atoms. The van der Waals surface area contributed by atoms with Gasteiger partial charge in [-0.1, -0.05) is 17.7 Å². The molecule has 3 heterocycles.